The molecule has 1 aromatic carbocycles. The van der Waals surface area contributed by atoms with E-state index in [1.54, 1.807) is 6.07 Å². The Morgan fingerprint density at radius 2 is 2.00 bits per heavy atom. The summed E-state index contributed by atoms with van der Waals surface area (Å²) >= 11 is 5.69. The van der Waals surface area contributed by atoms with Crippen LogP contribution in [0.15, 0.2) is 18.2 Å². The Hall–Kier alpha value is -0.600. The summed E-state index contributed by atoms with van der Waals surface area (Å²) < 4.78 is 12.9. The molecule has 0 unspecified atom stereocenters. The SMILES string of the molecule is CC(C)(CO)c1cc(F)cc(Cl)c1. The highest BCUT2D eigenvalue weighted by Gasteiger charge is 2.20. The van der Waals surface area contributed by atoms with Gasteiger partial charge >= 0.3 is 0 Å². The minimum absolute atomic E-state index is 0.0349. The predicted octanol–water partition coefficient (Wildman–Crippen LogP) is 2.75. The average Bonchev–Trinajstić information content (AvgIpc) is 2.02. The minimum Gasteiger partial charge on any atom is -0.395 e. The van der Waals surface area contributed by atoms with E-state index in [2.05, 4.69) is 0 Å². The summed E-state index contributed by atoms with van der Waals surface area (Å²) in [6, 6.07) is 4.31. The van der Waals surface area contributed by atoms with Gasteiger partial charge in [-0.1, -0.05) is 25.4 Å². The molecule has 3 heteroatoms. The zero-order chi connectivity index (χ0) is 10.1. The van der Waals surface area contributed by atoms with Crippen molar-refractivity contribution in [2.45, 2.75) is 19.3 Å². The predicted molar refractivity (Wildman–Crippen MR) is 51.5 cm³/mol. The number of benzene rings is 1. The molecule has 0 radical (unpaired) electrons. The number of aliphatic hydroxyl groups excluding tert-OH is 1. The summed E-state index contributed by atoms with van der Waals surface area (Å²) in [7, 11) is 0. The van der Waals surface area contributed by atoms with Crippen molar-refractivity contribution in [3.8, 4) is 0 Å². The van der Waals surface area contributed by atoms with E-state index in [1.165, 1.54) is 12.1 Å². The van der Waals surface area contributed by atoms with Gasteiger partial charge in [-0.15, -0.1) is 0 Å². The summed E-state index contributed by atoms with van der Waals surface area (Å²) in [5.41, 5.74) is 0.256. The van der Waals surface area contributed by atoms with Crippen molar-refractivity contribution in [1.29, 1.82) is 0 Å². The molecule has 0 saturated carbocycles. The van der Waals surface area contributed by atoms with Crippen LogP contribution in [-0.4, -0.2) is 11.7 Å². The Kier molecular flexibility index (Phi) is 2.94. The first kappa shape index (κ1) is 10.5. The second kappa shape index (κ2) is 3.64. The Labute approximate surface area is 82.2 Å². The molecule has 0 spiro atoms. The maximum atomic E-state index is 12.9. The normalized spacial score (nSPS) is 11.8. The lowest BCUT2D eigenvalue weighted by molar-refractivity contribution is 0.218. The average molecular weight is 203 g/mol. The third-order valence-electron chi connectivity index (χ3n) is 2.04. The van der Waals surface area contributed by atoms with E-state index in [1.807, 2.05) is 13.8 Å². The van der Waals surface area contributed by atoms with Crippen molar-refractivity contribution in [3.63, 3.8) is 0 Å². The lowest BCUT2D eigenvalue weighted by atomic mass is 9.86. The number of halogens is 2. The van der Waals surface area contributed by atoms with Crippen LogP contribution in [-0.2, 0) is 5.41 Å². The van der Waals surface area contributed by atoms with Gasteiger partial charge in [-0.25, -0.2) is 4.39 Å². The summed E-state index contributed by atoms with van der Waals surface area (Å²) in [6.07, 6.45) is 0. The van der Waals surface area contributed by atoms with Crippen molar-refractivity contribution in [3.05, 3.63) is 34.6 Å². The van der Waals surface area contributed by atoms with Gasteiger partial charge in [0.05, 0.1) is 6.61 Å². The third kappa shape index (κ3) is 2.42. The molecule has 0 aliphatic rings. The highest BCUT2D eigenvalue weighted by Crippen LogP contribution is 2.26. The van der Waals surface area contributed by atoms with Crippen molar-refractivity contribution in [2.24, 2.45) is 0 Å². The van der Waals surface area contributed by atoms with E-state index in [0.29, 0.717) is 10.6 Å². The van der Waals surface area contributed by atoms with Gasteiger partial charge < -0.3 is 5.11 Å². The van der Waals surface area contributed by atoms with E-state index in [9.17, 15) is 4.39 Å². The summed E-state index contributed by atoms with van der Waals surface area (Å²) in [6.45, 7) is 3.63. The molecule has 0 saturated heterocycles. The van der Waals surface area contributed by atoms with Crippen molar-refractivity contribution < 1.29 is 9.50 Å². The lowest BCUT2D eigenvalue weighted by Crippen LogP contribution is -2.22. The molecular formula is C10H12ClFO. The molecule has 1 rings (SSSR count). The molecule has 1 aromatic rings. The van der Waals surface area contributed by atoms with E-state index in [4.69, 9.17) is 16.7 Å². The third-order valence-corrected chi connectivity index (χ3v) is 2.26. The standard InChI is InChI=1S/C10H12ClFO/c1-10(2,6-13)7-3-8(11)5-9(12)4-7/h3-5,13H,6H2,1-2H3. The fraction of sp³-hybridized carbons (Fsp3) is 0.400. The molecule has 0 bridgehead atoms. The van der Waals surface area contributed by atoms with Crippen LogP contribution in [0.5, 0.6) is 0 Å². The molecule has 1 nitrogen and oxygen atoms in total. The molecule has 0 aliphatic carbocycles. The first-order chi connectivity index (χ1) is 5.95. The van der Waals surface area contributed by atoms with Crippen molar-refractivity contribution >= 4 is 11.6 Å². The van der Waals surface area contributed by atoms with Crippen LogP contribution in [0.2, 0.25) is 5.02 Å². The summed E-state index contributed by atoms with van der Waals surface area (Å²) in [4.78, 5) is 0. The highest BCUT2D eigenvalue weighted by atomic mass is 35.5. The first-order valence-electron chi connectivity index (χ1n) is 4.03. The maximum absolute atomic E-state index is 12.9. The number of aliphatic hydroxyl groups is 1. The quantitative estimate of drug-likeness (QED) is 0.782. The van der Waals surface area contributed by atoms with E-state index in [-0.39, 0.29) is 12.4 Å². The van der Waals surface area contributed by atoms with Gasteiger partial charge in [0.15, 0.2) is 0 Å². The molecule has 1 N–H and O–H groups in total. The van der Waals surface area contributed by atoms with Crippen LogP contribution < -0.4 is 0 Å². The summed E-state index contributed by atoms with van der Waals surface area (Å²) in [5.74, 6) is -0.371. The largest absolute Gasteiger partial charge is 0.395 e. The van der Waals surface area contributed by atoms with E-state index in [0.717, 1.165) is 0 Å². The van der Waals surface area contributed by atoms with Gasteiger partial charge in [0.25, 0.3) is 0 Å². The molecular weight excluding hydrogens is 191 g/mol. The Morgan fingerprint density at radius 3 is 2.46 bits per heavy atom. The summed E-state index contributed by atoms with van der Waals surface area (Å²) in [5, 5.41) is 9.42. The van der Waals surface area contributed by atoms with Gasteiger partial charge in [0.1, 0.15) is 5.82 Å². The molecule has 0 amide bonds. The smallest absolute Gasteiger partial charge is 0.124 e. The van der Waals surface area contributed by atoms with Gasteiger partial charge in [0, 0.05) is 10.4 Å². The molecule has 13 heavy (non-hydrogen) atoms. The van der Waals surface area contributed by atoms with Crippen molar-refractivity contribution in [2.75, 3.05) is 6.61 Å². The zero-order valence-electron chi connectivity index (χ0n) is 7.64. The van der Waals surface area contributed by atoms with Crippen LogP contribution in [0.1, 0.15) is 19.4 Å². The van der Waals surface area contributed by atoms with Crippen LogP contribution in [0.25, 0.3) is 0 Å². The van der Waals surface area contributed by atoms with E-state index >= 15 is 0 Å². The van der Waals surface area contributed by atoms with Crippen LogP contribution in [0.4, 0.5) is 4.39 Å². The zero-order valence-corrected chi connectivity index (χ0v) is 8.40. The van der Waals surface area contributed by atoms with Gasteiger partial charge in [0.2, 0.25) is 0 Å². The molecule has 0 aliphatic heterocycles. The number of rotatable bonds is 2. The van der Waals surface area contributed by atoms with Crippen LogP contribution in [0, 0.1) is 5.82 Å². The highest BCUT2D eigenvalue weighted by molar-refractivity contribution is 6.30. The number of hydrogen-bond acceptors (Lipinski definition) is 1. The number of hydrogen-bond donors (Lipinski definition) is 1. The second-order valence-corrected chi connectivity index (χ2v) is 4.14. The molecule has 0 heterocycles. The van der Waals surface area contributed by atoms with Crippen LogP contribution >= 0.6 is 11.6 Å². The monoisotopic (exact) mass is 202 g/mol. The Morgan fingerprint density at radius 1 is 1.38 bits per heavy atom. The van der Waals surface area contributed by atoms with E-state index < -0.39 is 5.41 Å². The van der Waals surface area contributed by atoms with Gasteiger partial charge in [-0.2, -0.15) is 0 Å². The fourth-order valence-corrected chi connectivity index (χ4v) is 1.26. The van der Waals surface area contributed by atoms with Crippen molar-refractivity contribution in [1.82, 2.24) is 0 Å². The second-order valence-electron chi connectivity index (χ2n) is 3.70. The molecule has 72 valence electrons. The Balaban J connectivity index is 3.15. The minimum atomic E-state index is -0.453. The first-order valence-corrected chi connectivity index (χ1v) is 4.41. The molecule has 0 fully saturated rings. The molecule has 0 atom stereocenters. The fourth-order valence-electron chi connectivity index (χ4n) is 1.04. The van der Waals surface area contributed by atoms with Gasteiger partial charge in [-0.3, -0.25) is 0 Å². The molecule has 0 aromatic heterocycles. The Bertz CT molecular complexity index is 290. The maximum Gasteiger partial charge on any atom is 0.124 e. The topological polar surface area (TPSA) is 20.2 Å². The lowest BCUT2D eigenvalue weighted by Gasteiger charge is -2.22. The van der Waals surface area contributed by atoms with Gasteiger partial charge in [-0.05, 0) is 23.8 Å². The van der Waals surface area contributed by atoms with Crippen LogP contribution in [0.3, 0.4) is 0 Å².